The molecule has 1 amide bonds. The molecule has 24 heavy (non-hydrogen) atoms. The number of hydrogen-bond acceptors (Lipinski definition) is 1. The largest absolute Gasteiger partial charge is 0.358 e. The lowest BCUT2D eigenvalue weighted by molar-refractivity contribution is 0.0712. The fourth-order valence-electron chi connectivity index (χ4n) is 3.59. The lowest BCUT2D eigenvalue weighted by Crippen LogP contribution is -2.37. The highest BCUT2D eigenvalue weighted by Crippen LogP contribution is 2.30. The Hall–Kier alpha value is -2.55. The molecule has 1 aliphatic heterocycles. The van der Waals surface area contributed by atoms with E-state index in [2.05, 4.69) is 35.3 Å². The van der Waals surface area contributed by atoms with Gasteiger partial charge in [-0.1, -0.05) is 35.9 Å². The van der Waals surface area contributed by atoms with Crippen LogP contribution in [0.2, 0.25) is 0 Å². The number of piperidine rings is 1. The smallest absolute Gasteiger partial charge is 0.253 e. The Bertz CT molecular complexity index is 822. The van der Waals surface area contributed by atoms with Crippen LogP contribution in [0.15, 0.2) is 54.6 Å². The molecule has 4 rings (SSSR count). The number of fused-ring (bicyclic) bond motifs is 1. The monoisotopic (exact) mass is 318 g/mol. The predicted molar refractivity (Wildman–Crippen MR) is 97.4 cm³/mol. The zero-order chi connectivity index (χ0) is 16.5. The molecular weight excluding hydrogens is 296 g/mol. The van der Waals surface area contributed by atoms with Crippen molar-refractivity contribution in [2.45, 2.75) is 25.7 Å². The van der Waals surface area contributed by atoms with Gasteiger partial charge in [0, 0.05) is 35.8 Å². The number of aromatic amines is 1. The molecule has 0 saturated carbocycles. The van der Waals surface area contributed by atoms with E-state index >= 15 is 0 Å². The third-order valence-corrected chi connectivity index (χ3v) is 5.07. The minimum atomic E-state index is 0.157. The maximum Gasteiger partial charge on any atom is 0.253 e. The van der Waals surface area contributed by atoms with Crippen molar-refractivity contribution in [3.63, 3.8) is 0 Å². The molecule has 1 N–H and O–H groups in total. The van der Waals surface area contributed by atoms with E-state index in [4.69, 9.17) is 0 Å². The number of likely N-dealkylation sites (tertiary alicyclic amines) is 1. The molecular formula is C21H22N2O. The minimum Gasteiger partial charge on any atom is -0.358 e. The third-order valence-electron chi connectivity index (χ3n) is 5.07. The molecule has 1 aromatic heterocycles. The number of benzene rings is 2. The van der Waals surface area contributed by atoms with Crippen molar-refractivity contribution in [1.82, 2.24) is 9.88 Å². The number of aryl methyl sites for hydroxylation is 1. The second kappa shape index (κ2) is 6.16. The first-order chi connectivity index (χ1) is 11.7. The zero-order valence-corrected chi connectivity index (χ0v) is 14.0. The first-order valence-electron chi connectivity index (χ1n) is 8.64. The number of amides is 1. The predicted octanol–water partition coefficient (Wildman–Crippen LogP) is 4.50. The molecule has 3 nitrogen and oxygen atoms in total. The molecule has 3 aromatic rings. The van der Waals surface area contributed by atoms with Crippen LogP contribution in [-0.4, -0.2) is 28.9 Å². The van der Waals surface area contributed by atoms with Gasteiger partial charge in [0.05, 0.1) is 0 Å². The van der Waals surface area contributed by atoms with E-state index in [1.54, 1.807) is 0 Å². The Morgan fingerprint density at radius 1 is 1.04 bits per heavy atom. The summed E-state index contributed by atoms with van der Waals surface area (Å²) in [7, 11) is 0. The van der Waals surface area contributed by atoms with Gasteiger partial charge in [-0.25, -0.2) is 0 Å². The molecule has 0 unspecified atom stereocenters. The number of rotatable bonds is 2. The SMILES string of the molecule is Cc1ccc(C(=O)N2CCC(c3cc4ccccc4[nH]3)CC2)cc1. The van der Waals surface area contributed by atoms with Gasteiger partial charge in [0.1, 0.15) is 0 Å². The molecule has 0 spiro atoms. The Balaban J connectivity index is 1.44. The van der Waals surface area contributed by atoms with Crippen LogP contribution < -0.4 is 0 Å². The normalized spacial score (nSPS) is 15.8. The molecule has 1 fully saturated rings. The number of aromatic nitrogens is 1. The molecule has 2 aromatic carbocycles. The highest BCUT2D eigenvalue weighted by Gasteiger charge is 2.25. The summed E-state index contributed by atoms with van der Waals surface area (Å²) in [5, 5.41) is 1.27. The van der Waals surface area contributed by atoms with Crippen LogP contribution >= 0.6 is 0 Å². The summed E-state index contributed by atoms with van der Waals surface area (Å²) in [4.78, 5) is 18.1. The number of nitrogens with one attached hydrogen (secondary N) is 1. The number of carbonyl (C=O) groups excluding carboxylic acids is 1. The Morgan fingerprint density at radius 3 is 2.46 bits per heavy atom. The summed E-state index contributed by atoms with van der Waals surface area (Å²) in [5.41, 5.74) is 4.48. The van der Waals surface area contributed by atoms with Crippen molar-refractivity contribution >= 4 is 16.8 Å². The number of para-hydroxylation sites is 1. The summed E-state index contributed by atoms with van der Waals surface area (Å²) < 4.78 is 0. The average Bonchev–Trinajstić information content (AvgIpc) is 3.06. The van der Waals surface area contributed by atoms with Crippen LogP contribution in [0.25, 0.3) is 10.9 Å². The average molecular weight is 318 g/mol. The van der Waals surface area contributed by atoms with E-state index in [1.807, 2.05) is 36.1 Å². The fourth-order valence-corrected chi connectivity index (χ4v) is 3.59. The molecule has 1 saturated heterocycles. The maximum absolute atomic E-state index is 12.6. The molecule has 0 atom stereocenters. The summed E-state index contributed by atoms with van der Waals surface area (Å²) in [5.74, 6) is 0.671. The van der Waals surface area contributed by atoms with Gasteiger partial charge in [-0.2, -0.15) is 0 Å². The van der Waals surface area contributed by atoms with Gasteiger partial charge in [0.15, 0.2) is 0 Å². The van der Waals surface area contributed by atoms with Crippen LogP contribution in [0, 0.1) is 6.92 Å². The van der Waals surface area contributed by atoms with Crippen LogP contribution in [-0.2, 0) is 0 Å². The first kappa shape index (κ1) is 15.0. The van der Waals surface area contributed by atoms with E-state index < -0.39 is 0 Å². The van der Waals surface area contributed by atoms with Crippen molar-refractivity contribution in [2.24, 2.45) is 0 Å². The summed E-state index contributed by atoms with van der Waals surface area (Å²) in [6.45, 7) is 3.69. The highest BCUT2D eigenvalue weighted by molar-refractivity contribution is 5.94. The van der Waals surface area contributed by atoms with Crippen molar-refractivity contribution in [2.75, 3.05) is 13.1 Å². The fraction of sp³-hybridized carbons (Fsp3) is 0.286. The van der Waals surface area contributed by atoms with Crippen molar-refractivity contribution in [3.8, 4) is 0 Å². The van der Waals surface area contributed by atoms with Gasteiger partial charge < -0.3 is 9.88 Å². The molecule has 0 aliphatic carbocycles. The quantitative estimate of drug-likeness (QED) is 0.742. The Labute approximate surface area is 142 Å². The van der Waals surface area contributed by atoms with Gasteiger partial charge in [-0.3, -0.25) is 4.79 Å². The van der Waals surface area contributed by atoms with Crippen LogP contribution in [0.5, 0.6) is 0 Å². The molecule has 2 heterocycles. The number of hydrogen-bond donors (Lipinski definition) is 1. The van der Waals surface area contributed by atoms with Gasteiger partial charge in [0.25, 0.3) is 5.91 Å². The van der Waals surface area contributed by atoms with Crippen LogP contribution in [0.1, 0.15) is 40.4 Å². The molecule has 1 aliphatic rings. The first-order valence-corrected chi connectivity index (χ1v) is 8.64. The lowest BCUT2D eigenvalue weighted by atomic mass is 9.93. The molecule has 122 valence electrons. The van der Waals surface area contributed by atoms with Gasteiger partial charge >= 0.3 is 0 Å². The summed E-state index contributed by atoms with van der Waals surface area (Å²) in [6, 6.07) is 18.5. The van der Waals surface area contributed by atoms with Gasteiger partial charge in [0.2, 0.25) is 0 Å². The maximum atomic E-state index is 12.6. The Morgan fingerprint density at radius 2 is 1.75 bits per heavy atom. The van der Waals surface area contributed by atoms with E-state index in [-0.39, 0.29) is 5.91 Å². The number of H-pyrrole nitrogens is 1. The van der Waals surface area contributed by atoms with Crippen molar-refractivity contribution in [1.29, 1.82) is 0 Å². The van der Waals surface area contributed by atoms with E-state index in [9.17, 15) is 4.79 Å². The van der Waals surface area contributed by atoms with Gasteiger partial charge in [-0.15, -0.1) is 0 Å². The molecule has 0 radical (unpaired) electrons. The van der Waals surface area contributed by atoms with Crippen molar-refractivity contribution in [3.05, 3.63) is 71.4 Å². The molecule has 0 bridgehead atoms. The van der Waals surface area contributed by atoms with Crippen LogP contribution in [0.3, 0.4) is 0 Å². The lowest BCUT2D eigenvalue weighted by Gasteiger charge is -2.31. The van der Waals surface area contributed by atoms with E-state index in [0.717, 1.165) is 31.5 Å². The second-order valence-corrected chi connectivity index (χ2v) is 6.74. The van der Waals surface area contributed by atoms with Crippen LogP contribution in [0.4, 0.5) is 0 Å². The van der Waals surface area contributed by atoms with Crippen molar-refractivity contribution < 1.29 is 4.79 Å². The Kier molecular flexibility index (Phi) is 3.85. The topological polar surface area (TPSA) is 36.1 Å². The molecule has 3 heteroatoms. The third kappa shape index (κ3) is 2.82. The second-order valence-electron chi connectivity index (χ2n) is 6.74. The summed E-state index contributed by atoms with van der Waals surface area (Å²) >= 11 is 0. The van der Waals surface area contributed by atoms with Gasteiger partial charge in [-0.05, 0) is 49.4 Å². The minimum absolute atomic E-state index is 0.157. The van der Waals surface area contributed by atoms with E-state index in [1.165, 1.54) is 22.2 Å². The number of nitrogens with zero attached hydrogens (tertiary/aromatic N) is 1. The summed E-state index contributed by atoms with van der Waals surface area (Å²) in [6.07, 6.45) is 2.04. The van der Waals surface area contributed by atoms with E-state index in [0.29, 0.717) is 5.92 Å². The number of carbonyl (C=O) groups is 1. The standard InChI is InChI=1S/C21H22N2O/c1-15-6-8-17(9-7-15)21(24)23-12-10-16(11-13-23)20-14-18-4-2-3-5-19(18)22-20/h2-9,14,16,22H,10-13H2,1H3. The zero-order valence-electron chi connectivity index (χ0n) is 14.0. The highest BCUT2D eigenvalue weighted by atomic mass is 16.2.